The van der Waals surface area contributed by atoms with E-state index in [-0.39, 0.29) is 0 Å². The maximum Gasteiger partial charge on any atom is 0.229 e. The summed E-state index contributed by atoms with van der Waals surface area (Å²) in [7, 11) is 3.98. The van der Waals surface area contributed by atoms with Crippen LogP contribution < -0.4 is 25.2 Å². The highest BCUT2D eigenvalue weighted by Crippen LogP contribution is 2.25. The Balaban J connectivity index is 0.000000396. The van der Waals surface area contributed by atoms with Gasteiger partial charge in [-0.25, -0.2) is 0 Å². The molecule has 5 rings (SSSR count). The molecule has 1 aliphatic heterocycles. The summed E-state index contributed by atoms with van der Waals surface area (Å²) in [5, 5.41) is 7.58. The van der Waals surface area contributed by atoms with Crippen LogP contribution in [-0.4, -0.2) is 50.2 Å². The van der Waals surface area contributed by atoms with Crippen LogP contribution in [0.4, 0.5) is 23.3 Å². The van der Waals surface area contributed by atoms with E-state index in [4.69, 9.17) is 26.3 Å². The zero-order valence-electron chi connectivity index (χ0n) is 21.3. The Kier molecular flexibility index (Phi) is 9.57. The standard InChI is InChI=1S/C23H28N6O.C6H5Cl/c1-28(2)22-16-21(26-23(27-22)29-13-11-24-12-14-29)25-19-9-6-10-20(15-19)30-17-18-7-4-3-5-8-18;7-6-4-2-1-3-5-6/h3-10,15-16,24H,11-14,17H2,1-2H3,(H,25,26,27);1-5H. The Bertz CT molecular complexity index is 1230. The normalized spacial score (nSPS) is 12.8. The van der Waals surface area contributed by atoms with Gasteiger partial charge in [-0.2, -0.15) is 9.97 Å². The first-order valence-electron chi connectivity index (χ1n) is 12.3. The summed E-state index contributed by atoms with van der Waals surface area (Å²) >= 11 is 5.54. The van der Waals surface area contributed by atoms with Gasteiger partial charge in [0, 0.05) is 63.1 Å². The van der Waals surface area contributed by atoms with Gasteiger partial charge in [-0.3, -0.25) is 0 Å². The van der Waals surface area contributed by atoms with Crippen LogP contribution in [0.1, 0.15) is 5.56 Å². The van der Waals surface area contributed by atoms with Crippen LogP contribution in [0.5, 0.6) is 5.75 Å². The molecule has 4 aromatic rings. The van der Waals surface area contributed by atoms with E-state index in [9.17, 15) is 0 Å². The molecule has 8 heteroatoms. The Morgan fingerprint density at radius 2 is 1.59 bits per heavy atom. The second-order valence-electron chi connectivity index (χ2n) is 8.77. The van der Waals surface area contributed by atoms with Crippen LogP contribution in [0.3, 0.4) is 0 Å². The molecule has 2 heterocycles. The zero-order chi connectivity index (χ0) is 25.9. The number of anilines is 4. The topological polar surface area (TPSA) is 65.6 Å². The molecule has 0 radical (unpaired) electrons. The van der Waals surface area contributed by atoms with Gasteiger partial charge in [0.1, 0.15) is 24.0 Å². The highest BCUT2D eigenvalue weighted by Gasteiger charge is 2.16. The maximum atomic E-state index is 5.96. The molecule has 0 spiro atoms. The van der Waals surface area contributed by atoms with Gasteiger partial charge < -0.3 is 25.2 Å². The molecule has 0 saturated carbocycles. The van der Waals surface area contributed by atoms with Crippen molar-refractivity contribution < 1.29 is 4.74 Å². The van der Waals surface area contributed by atoms with E-state index in [1.54, 1.807) is 0 Å². The maximum absolute atomic E-state index is 5.96. The van der Waals surface area contributed by atoms with Crippen molar-refractivity contribution in [1.82, 2.24) is 15.3 Å². The van der Waals surface area contributed by atoms with Crippen LogP contribution in [-0.2, 0) is 6.61 Å². The molecule has 3 aromatic carbocycles. The fourth-order valence-corrected chi connectivity index (χ4v) is 3.83. The third-order valence-corrected chi connectivity index (χ3v) is 5.90. The minimum atomic E-state index is 0.537. The molecule has 1 saturated heterocycles. The molecular formula is C29H33ClN6O. The number of piperazine rings is 1. The summed E-state index contributed by atoms with van der Waals surface area (Å²) in [5.41, 5.74) is 2.07. The molecule has 192 valence electrons. The van der Waals surface area contributed by atoms with Crippen molar-refractivity contribution in [3.8, 4) is 5.75 Å². The monoisotopic (exact) mass is 516 g/mol. The molecule has 0 unspecified atom stereocenters. The minimum Gasteiger partial charge on any atom is -0.489 e. The molecule has 2 N–H and O–H groups in total. The van der Waals surface area contributed by atoms with Crippen LogP contribution in [0, 0.1) is 0 Å². The van der Waals surface area contributed by atoms with Gasteiger partial charge >= 0.3 is 0 Å². The number of hydrogen-bond acceptors (Lipinski definition) is 7. The van der Waals surface area contributed by atoms with E-state index in [1.165, 1.54) is 0 Å². The fraction of sp³-hybridized carbons (Fsp3) is 0.241. The first kappa shape index (κ1) is 26.3. The van der Waals surface area contributed by atoms with Gasteiger partial charge in [0.25, 0.3) is 0 Å². The second kappa shape index (κ2) is 13.5. The summed E-state index contributed by atoms with van der Waals surface area (Å²) in [6.07, 6.45) is 0. The SMILES string of the molecule is CN(C)c1cc(Nc2cccc(OCc3ccccc3)c2)nc(N2CCNCC2)n1.Clc1ccccc1. The van der Waals surface area contributed by atoms with Gasteiger partial charge in [-0.05, 0) is 29.8 Å². The number of nitrogens with one attached hydrogen (secondary N) is 2. The van der Waals surface area contributed by atoms with Gasteiger partial charge in [0.2, 0.25) is 5.95 Å². The van der Waals surface area contributed by atoms with E-state index >= 15 is 0 Å². The number of ether oxygens (including phenoxy) is 1. The van der Waals surface area contributed by atoms with Gasteiger partial charge in [0.15, 0.2) is 0 Å². The largest absolute Gasteiger partial charge is 0.489 e. The highest BCUT2D eigenvalue weighted by molar-refractivity contribution is 6.30. The van der Waals surface area contributed by atoms with Crippen molar-refractivity contribution >= 4 is 34.9 Å². The fourth-order valence-electron chi connectivity index (χ4n) is 3.69. The van der Waals surface area contributed by atoms with Gasteiger partial charge in [-0.1, -0.05) is 66.2 Å². The number of halogens is 1. The predicted molar refractivity (Wildman–Crippen MR) is 153 cm³/mol. The third-order valence-electron chi connectivity index (χ3n) is 5.65. The van der Waals surface area contributed by atoms with Crippen LogP contribution in [0.2, 0.25) is 5.02 Å². The predicted octanol–water partition coefficient (Wildman–Crippen LogP) is 5.61. The Hall–Kier alpha value is -3.81. The number of hydrogen-bond donors (Lipinski definition) is 2. The number of aromatic nitrogens is 2. The van der Waals surface area contributed by atoms with Gasteiger partial charge in [0.05, 0.1) is 0 Å². The second-order valence-corrected chi connectivity index (χ2v) is 9.20. The number of rotatable bonds is 7. The molecule has 1 aliphatic rings. The molecule has 7 nitrogen and oxygen atoms in total. The lowest BCUT2D eigenvalue weighted by Gasteiger charge is -2.28. The first-order chi connectivity index (χ1) is 18.1. The van der Waals surface area contributed by atoms with Gasteiger partial charge in [-0.15, -0.1) is 0 Å². The average molecular weight is 517 g/mol. The molecule has 0 amide bonds. The molecule has 0 atom stereocenters. The lowest BCUT2D eigenvalue weighted by atomic mass is 10.2. The summed E-state index contributed by atoms with van der Waals surface area (Å²) in [6.45, 7) is 4.23. The minimum absolute atomic E-state index is 0.537. The summed E-state index contributed by atoms with van der Waals surface area (Å²) in [4.78, 5) is 13.7. The van der Waals surface area contributed by atoms with Crippen LogP contribution in [0.15, 0.2) is 91.0 Å². The van der Waals surface area contributed by atoms with Crippen molar-refractivity contribution in [2.45, 2.75) is 6.61 Å². The molecule has 0 bridgehead atoms. The highest BCUT2D eigenvalue weighted by atomic mass is 35.5. The summed E-state index contributed by atoms with van der Waals surface area (Å²) in [5.74, 6) is 3.20. The first-order valence-corrected chi connectivity index (χ1v) is 12.7. The van der Waals surface area contributed by atoms with Crippen molar-refractivity contribution in [3.05, 3.63) is 102 Å². The van der Waals surface area contributed by atoms with Crippen molar-refractivity contribution in [3.63, 3.8) is 0 Å². The smallest absolute Gasteiger partial charge is 0.229 e. The Morgan fingerprint density at radius 3 is 2.24 bits per heavy atom. The molecule has 1 aromatic heterocycles. The number of benzene rings is 3. The van der Waals surface area contributed by atoms with Crippen molar-refractivity contribution in [2.24, 2.45) is 0 Å². The lowest BCUT2D eigenvalue weighted by molar-refractivity contribution is 0.306. The molecule has 1 fully saturated rings. The van der Waals surface area contributed by atoms with E-state index < -0.39 is 0 Å². The molecule has 37 heavy (non-hydrogen) atoms. The van der Waals surface area contributed by atoms with Crippen molar-refractivity contribution in [2.75, 3.05) is 55.4 Å². The summed E-state index contributed by atoms with van der Waals surface area (Å²) < 4.78 is 5.96. The van der Waals surface area contributed by atoms with E-state index in [0.717, 1.165) is 65.8 Å². The Labute approximate surface area is 224 Å². The van der Waals surface area contributed by atoms with E-state index in [1.807, 2.05) is 97.9 Å². The lowest BCUT2D eigenvalue weighted by Crippen LogP contribution is -2.44. The molecular weight excluding hydrogens is 484 g/mol. The van der Waals surface area contributed by atoms with E-state index in [0.29, 0.717) is 6.61 Å². The van der Waals surface area contributed by atoms with Crippen molar-refractivity contribution in [1.29, 1.82) is 0 Å². The summed E-state index contributed by atoms with van der Waals surface area (Å²) in [6, 6.07) is 29.5. The third kappa shape index (κ3) is 8.37. The zero-order valence-corrected chi connectivity index (χ0v) is 22.0. The molecule has 0 aliphatic carbocycles. The van der Waals surface area contributed by atoms with Crippen LogP contribution in [0.25, 0.3) is 0 Å². The number of nitrogens with zero attached hydrogens (tertiary/aromatic N) is 4. The average Bonchev–Trinajstić information content (AvgIpc) is 2.94. The Morgan fingerprint density at radius 1 is 0.892 bits per heavy atom. The van der Waals surface area contributed by atoms with E-state index in [2.05, 4.69) is 27.7 Å². The quantitative estimate of drug-likeness (QED) is 0.330. The van der Waals surface area contributed by atoms with Crippen LogP contribution >= 0.6 is 11.6 Å².